The summed E-state index contributed by atoms with van der Waals surface area (Å²) in [7, 11) is 0. The molecule has 0 bridgehead atoms. The normalized spacial score (nSPS) is 9.96. The van der Waals surface area contributed by atoms with Crippen LogP contribution >= 0.6 is 11.6 Å². The fourth-order valence-electron chi connectivity index (χ4n) is 2.15. The lowest BCUT2D eigenvalue weighted by Gasteiger charge is -2.09. The number of hydrogen-bond acceptors (Lipinski definition) is 2. The van der Waals surface area contributed by atoms with Gasteiger partial charge >= 0.3 is 6.03 Å². The molecule has 2 aromatic rings. The van der Waals surface area contributed by atoms with Crippen LogP contribution in [0.15, 0.2) is 61.2 Å². The van der Waals surface area contributed by atoms with Crippen molar-refractivity contribution in [2.75, 3.05) is 17.2 Å². The lowest BCUT2D eigenvalue weighted by atomic mass is 10.1. The highest BCUT2D eigenvalue weighted by atomic mass is 35.5. The second-order valence-electron chi connectivity index (χ2n) is 5.34. The van der Waals surface area contributed by atoms with E-state index in [9.17, 15) is 9.59 Å². The van der Waals surface area contributed by atoms with Crippen molar-refractivity contribution in [1.29, 1.82) is 0 Å². The average molecular weight is 358 g/mol. The Kier molecular flexibility index (Phi) is 7.04. The second-order valence-corrected chi connectivity index (χ2v) is 5.75. The van der Waals surface area contributed by atoms with E-state index in [0.29, 0.717) is 35.8 Å². The van der Waals surface area contributed by atoms with Gasteiger partial charge in [-0.1, -0.05) is 35.9 Å². The molecular weight excluding hydrogens is 338 g/mol. The molecule has 2 aromatic carbocycles. The quantitative estimate of drug-likeness (QED) is 0.649. The van der Waals surface area contributed by atoms with Crippen LogP contribution in [0.1, 0.15) is 12.0 Å². The molecule has 25 heavy (non-hydrogen) atoms. The molecule has 5 nitrogen and oxygen atoms in total. The monoisotopic (exact) mass is 357 g/mol. The highest BCUT2D eigenvalue weighted by Gasteiger charge is 2.06. The van der Waals surface area contributed by atoms with Crippen molar-refractivity contribution >= 4 is 34.9 Å². The average Bonchev–Trinajstić information content (AvgIpc) is 2.61. The number of hydrogen-bond donors (Lipinski definition) is 3. The number of nitrogens with one attached hydrogen (secondary N) is 3. The minimum absolute atomic E-state index is 0.0932. The summed E-state index contributed by atoms with van der Waals surface area (Å²) >= 11 is 6.08. The maximum absolute atomic E-state index is 12.0. The molecule has 130 valence electrons. The number of halogens is 1. The Balaban J connectivity index is 1.82. The molecular formula is C19H20ClN3O2. The summed E-state index contributed by atoms with van der Waals surface area (Å²) < 4.78 is 0. The van der Waals surface area contributed by atoms with Gasteiger partial charge in [0, 0.05) is 29.4 Å². The maximum atomic E-state index is 12.0. The van der Waals surface area contributed by atoms with Crippen LogP contribution in [-0.2, 0) is 11.2 Å². The van der Waals surface area contributed by atoms with Crippen molar-refractivity contribution < 1.29 is 9.59 Å². The van der Waals surface area contributed by atoms with Crippen molar-refractivity contribution in [2.45, 2.75) is 12.8 Å². The van der Waals surface area contributed by atoms with Crippen LogP contribution in [0.5, 0.6) is 0 Å². The predicted molar refractivity (Wildman–Crippen MR) is 102 cm³/mol. The molecule has 0 unspecified atom stereocenters. The largest absolute Gasteiger partial charge is 0.334 e. The third kappa shape index (κ3) is 6.31. The second kappa shape index (κ2) is 9.49. The smallest absolute Gasteiger partial charge is 0.319 e. The molecule has 0 fully saturated rings. The molecule has 0 saturated carbocycles. The van der Waals surface area contributed by atoms with Crippen molar-refractivity contribution in [1.82, 2.24) is 5.32 Å². The summed E-state index contributed by atoms with van der Waals surface area (Å²) in [4.78, 5) is 23.6. The SMILES string of the molecule is C=CCNC(=O)Nc1ccc(NC(=O)CCc2ccccc2Cl)cc1. The lowest BCUT2D eigenvalue weighted by Crippen LogP contribution is -2.28. The molecule has 0 aliphatic rings. The zero-order valence-electron chi connectivity index (χ0n) is 13.7. The number of aryl methyl sites for hydroxylation is 1. The Bertz CT molecular complexity index is 745. The minimum atomic E-state index is -0.309. The van der Waals surface area contributed by atoms with Crippen molar-refractivity contribution in [3.63, 3.8) is 0 Å². The van der Waals surface area contributed by atoms with Gasteiger partial charge in [-0.3, -0.25) is 4.79 Å². The van der Waals surface area contributed by atoms with E-state index in [-0.39, 0.29) is 11.9 Å². The Morgan fingerprint density at radius 1 is 1.00 bits per heavy atom. The van der Waals surface area contributed by atoms with Gasteiger partial charge in [0.2, 0.25) is 5.91 Å². The number of amides is 3. The van der Waals surface area contributed by atoms with Crippen LogP contribution in [0.3, 0.4) is 0 Å². The molecule has 0 aromatic heterocycles. The van der Waals surface area contributed by atoms with E-state index in [1.54, 1.807) is 30.3 Å². The first-order valence-corrected chi connectivity index (χ1v) is 8.25. The van der Waals surface area contributed by atoms with Crippen molar-refractivity contribution in [3.05, 3.63) is 71.8 Å². The van der Waals surface area contributed by atoms with Crippen molar-refractivity contribution in [3.8, 4) is 0 Å². The van der Waals surface area contributed by atoms with Gasteiger partial charge in [-0.2, -0.15) is 0 Å². The Morgan fingerprint density at radius 2 is 1.64 bits per heavy atom. The number of urea groups is 1. The molecule has 0 spiro atoms. The number of carbonyl (C=O) groups excluding carboxylic acids is 2. The van der Waals surface area contributed by atoms with Crippen LogP contribution in [0, 0.1) is 0 Å². The topological polar surface area (TPSA) is 70.2 Å². The molecule has 3 amide bonds. The number of carbonyl (C=O) groups is 2. The first-order valence-electron chi connectivity index (χ1n) is 7.87. The van der Waals surface area contributed by atoms with Crippen LogP contribution in [0.25, 0.3) is 0 Å². The van der Waals surface area contributed by atoms with Crippen LogP contribution in [-0.4, -0.2) is 18.5 Å². The fraction of sp³-hybridized carbons (Fsp3) is 0.158. The molecule has 2 rings (SSSR count). The van der Waals surface area contributed by atoms with Gasteiger partial charge in [0.25, 0.3) is 0 Å². The van der Waals surface area contributed by atoms with Gasteiger partial charge < -0.3 is 16.0 Å². The third-order valence-electron chi connectivity index (χ3n) is 3.41. The van der Waals surface area contributed by atoms with Crippen LogP contribution in [0.2, 0.25) is 5.02 Å². The first-order chi connectivity index (χ1) is 12.1. The predicted octanol–water partition coefficient (Wildman–Crippen LogP) is 4.22. The van der Waals surface area contributed by atoms with E-state index in [4.69, 9.17) is 11.6 Å². The molecule has 0 heterocycles. The van der Waals surface area contributed by atoms with E-state index >= 15 is 0 Å². The third-order valence-corrected chi connectivity index (χ3v) is 3.78. The number of benzene rings is 2. The summed E-state index contributed by atoms with van der Waals surface area (Å²) in [5.74, 6) is -0.0932. The van der Waals surface area contributed by atoms with Gasteiger partial charge in [0.1, 0.15) is 0 Å². The highest BCUT2D eigenvalue weighted by Crippen LogP contribution is 2.17. The maximum Gasteiger partial charge on any atom is 0.319 e. The zero-order chi connectivity index (χ0) is 18.1. The summed E-state index contributed by atoms with van der Waals surface area (Å²) in [6.07, 6.45) is 2.52. The Hall–Kier alpha value is -2.79. The Labute approximate surface area is 152 Å². The van der Waals surface area contributed by atoms with E-state index in [1.807, 2.05) is 24.3 Å². The summed E-state index contributed by atoms with van der Waals surface area (Å²) in [6, 6.07) is 14.1. The molecule has 0 aliphatic heterocycles. The molecule has 3 N–H and O–H groups in total. The zero-order valence-corrected chi connectivity index (χ0v) is 14.5. The van der Waals surface area contributed by atoms with E-state index in [0.717, 1.165) is 5.56 Å². The fourth-order valence-corrected chi connectivity index (χ4v) is 2.38. The minimum Gasteiger partial charge on any atom is -0.334 e. The molecule has 0 radical (unpaired) electrons. The van der Waals surface area contributed by atoms with E-state index in [2.05, 4.69) is 22.5 Å². The summed E-state index contributed by atoms with van der Waals surface area (Å²) in [5.41, 5.74) is 2.25. The lowest BCUT2D eigenvalue weighted by molar-refractivity contribution is -0.116. The highest BCUT2D eigenvalue weighted by molar-refractivity contribution is 6.31. The van der Waals surface area contributed by atoms with Gasteiger partial charge in [0.15, 0.2) is 0 Å². The Morgan fingerprint density at radius 3 is 2.28 bits per heavy atom. The molecule has 0 atom stereocenters. The number of rotatable bonds is 7. The van der Waals surface area contributed by atoms with Gasteiger partial charge in [-0.15, -0.1) is 6.58 Å². The van der Waals surface area contributed by atoms with Gasteiger partial charge in [-0.25, -0.2) is 4.79 Å². The van der Waals surface area contributed by atoms with Crippen LogP contribution in [0.4, 0.5) is 16.2 Å². The first kappa shape index (κ1) is 18.5. The number of anilines is 2. The molecule has 0 saturated heterocycles. The standard InChI is InChI=1S/C19H20ClN3O2/c1-2-13-21-19(25)23-16-10-8-15(9-11-16)22-18(24)12-7-14-5-3-4-6-17(14)20/h2-6,8-11H,1,7,12-13H2,(H,22,24)(H2,21,23,25). The van der Waals surface area contributed by atoms with Crippen molar-refractivity contribution in [2.24, 2.45) is 0 Å². The summed E-state index contributed by atoms with van der Waals surface area (Å²) in [5, 5.41) is 8.79. The molecule has 0 aliphatic carbocycles. The van der Waals surface area contributed by atoms with Gasteiger partial charge in [0.05, 0.1) is 0 Å². The van der Waals surface area contributed by atoms with Gasteiger partial charge in [-0.05, 0) is 42.3 Å². The van der Waals surface area contributed by atoms with E-state index < -0.39 is 0 Å². The van der Waals surface area contributed by atoms with Crippen LogP contribution < -0.4 is 16.0 Å². The molecule has 6 heteroatoms. The van der Waals surface area contributed by atoms with E-state index in [1.165, 1.54) is 0 Å². The summed E-state index contributed by atoms with van der Waals surface area (Å²) in [6.45, 7) is 3.92.